The third-order valence-electron chi connectivity index (χ3n) is 3.77. The number of H-pyrrole nitrogens is 1. The van der Waals surface area contributed by atoms with Crippen molar-refractivity contribution < 1.29 is 14.9 Å². The van der Waals surface area contributed by atoms with Crippen LogP contribution < -0.4 is 5.56 Å². The molecule has 10 heteroatoms. The van der Waals surface area contributed by atoms with Crippen molar-refractivity contribution in [1.82, 2.24) is 24.4 Å². The Bertz CT molecular complexity index is 798. The largest absolute Gasteiger partial charge is 0.394 e. The highest BCUT2D eigenvalue weighted by atomic mass is 16.5. The molecular weight excluding hydrogens is 316 g/mol. The van der Waals surface area contributed by atoms with E-state index in [1.54, 1.807) is 10.8 Å². The van der Waals surface area contributed by atoms with Crippen LogP contribution in [0.1, 0.15) is 12.6 Å². The average molecular weight is 336 g/mol. The maximum absolute atomic E-state index is 12.1. The minimum Gasteiger partial charge on any atom is -0.394 e. The molecule has 0 bridgehead atoms. The van der Waals surface area contributed by atoms with E-state index in [1.807, 2.05) is 19.0 Å². The maximum Gasteiger partial charge on any atom is 0.280 e. The second-order valence-corrected chi connectivity index (χ2v) is 5.90. The van der Waals surface area contributed by atoms with E-state index in [0.717, 1.165) is 0 Å². The van der Waals surface area contributed by atoms with Crippen molar-refractivity contribution in [3.05, 3.63) is 16.7 Å². The maximum atomic E-state index is 12.1. The fourth-order valence-corrected chi connectivity index (χ4v) is 2.53. The third-order valence-corrected chi connectivity index (χ3v) is 3.77. The summed E-state index contributed by atoms with van der Waals surface area (Å²) in [5, 5.41) is 19.1. The number of hydrogen-bond acceptors (Lipinski definition) is 8. The van der Waals surface area contributed by atoms with Crippen LogP contribution in [0.3, 0.4) is 0 Å². The summed E-state index contributed by atoms with van der Waals surface area (Å²) in [6.07, 6.45) is 1.38. The highest BCUT2D eigenvalue weighted by Crippen LogP contribution is 2.30. The van der Waals surface area contributed by atoms with Gasteiger partial charge in [-0.15, -0.1) is 0 Å². The lowest BCUT2D eigenvalue weighted by Crippen LogP contribution is -2.24. The van der Waals surface area contributed by atoms with E-state index in [2.05, 4.69) is 19.9 Å². The van der Waals surface area contributed by atoms with Gasteiger partial charge in [0.15, 0.2) is 11.2 Å². The van der Waals surface area contributed by atoms with Crippen LogP contribution in [-0.4, -0.2) is 80.3 Å². The molecule has 24 heavy (non-hydrogen) atoms. The minimum absolute atomic E-state index is 0.173. The lowest BCUT2D eigenvalue weighted by atomic mass is 10.2. The highest BCUT2D eigenvalue weighted by molar-refractivity contribution is 5.71. The van der Waals surface area contributed by atoms with Crippen molar-refractivity contribution in [3.63, 3.8) is 0 Å². The third kappa shape index (κ3) is 3.22. The summed E-state index contributed by atoms with van der Waals surface area (Å²) in [6.45, 7) is 0.329. The molecule has 0 spiro atoms. The van der Waals surface area contributed by atoms with Gasteiger partial charge in [-0.3, -0.25) is 14.3 Å². The van der Waals surface area contributed by atoms with Gasteiger partial charge < -0.3 is 19.8 Å². The Balaban J connectivity index is 1.94. The molecule has 0 radical (unpaired) electrons. The summed E-state index contributed by atoms with van der Waals surface area (Å²) in [7, 11) is 3.81. The van der Waals surface area contributed by atoms with E-state index in [1.165, 1.54) is 6.33 Å². The summed E-state index contributed by atoms with van der Waals surface area (Å²) < 4.78 is 7.17. The van der Waals surface area contributed by atoms with Crippen molar-refractivity contribution in [1.29, 1.82) is 0 Å². The molecule has 0 aromatic carbocycles. The SMILES string of the molecule is CN(C)CC=Nc1nc2c(ncn2[C@H]2C[C@H](O)[C@@H](CO)O2)c(=O)[nH]1. The Kier molecular flexibility index (Phi) is 4.71. The molecule has 1 fully saturated rings. The van der Waals surface area contributed by atoms with Crippen LogP contribution in [0.15, 0.2) is 16.1 Å². The number of nitrogens with one attached hydrogen (secondary N) is 1. The zero-order valence-corrected chi connectivity index (χ0v) is 13.5. The molecule has 3 atom stereocenters. The zero-order valence-electron chi connectivity index (χ0n) is 13.5. The first-order chi connectivity index (χ1) is 11.5. The van der Waals surface area contributed by atoms with Gasteiger partial charge in [0.2, 0.25) is 5.95 Å². The van der Waals surface area contributed by atoms with Crippen LogP contribution in [0.25, 0.3) is 11.2 Å². The number of aliphatic hydroxyl groups is 2. The molecule has 0 unspecified atom stereocenters. The van der Waals surface area contributed by atoms with Crippen LogP contribution in [0.4, 0.5) is 5.95 Å². The number of aromatic amines is 1. The molecule has 2 aromatic rings. The Hall–Kier alpha value is -2.14. The Morgan fingerprint density at radius 2 is 2.38 bits per heavy atom. The van der Waals surface area contributed by atoms with Gasteiger partial charge >= 0.3 is 0 Å². The molecule has 3 rings (SSSR count). The molecule has 2 aromatic heterocycles. The first-order valence-electron chi connectivity index (χ1n) is 7.58. The van der Waals surface area contributed by atoms with E-state index < -0.39 is 24.0 Å². The Labute approximate surface area is 137 Å². The number of nitrogens with zero attached hydrogens (tertiary/aromatic N) is 5. The number of hydrogen-bond donors (Lipinski definition) is 3. The summed E-state index contributed by atoms with van der Waals surface area (Å²) in [5.41, 5.74) is 0.103. The second kappa shape index (κ2) is 6.77. The van der Waals surface area contributed by atoms with Gasteiger partial charge in [-0.25, -0.2) is 9.98 Å². The van der Waals surface area contributed by atoms with Crippen molar-refractivity contribution in [3.8, 4) is 0 Å². The van der Waals surface area contributed by atoms with Crippen LogP contribution in [-0.2, 0) is 4.74 Å². The van der Waals surface area contributed by atoms with E-state index in [-0.39, 0.29) is 24.5 Å². The minimum atomic E-state index is -0.781. The summed E-state index contributed by atoms with van der Waals surface area (Å²) in [6, 6.07) is 0. The molecule has 1 saturated heterocycles. The molecule has 0 amide bonds. The molecule has 1 aliphatic heterocycles. The quantitative estimate of drug-likeness (QED) is 0.599. The predicted molar refractivity (Wildman–Crippen MR) is 86.5 cm³/mol. The number of imidazole rings is 1. The number of aliphatic imine (C=N–C) groups is 1. The van der Waals surface area contributed by atoms with Gasteiger partial charge in [0.25, 0.3) is 5.56 Å². The number of rotatable bonds is 5. The van der Waals surface area contributed by atoms with E-state index in [0.29, 0.717) is 12.2 Å². The molecule has 0 saturated carbocycles. The van der Waals surface area contributed by atoms with Gasteiger partial charge in [0, 0.05) is 19.2 Å². The first-order valence-corrected chi connectivity index (χ1v) is 7.58. The monoisotopic (exact) mass is 336 g/mol. The smallest absolute Gasteiger partial charge is 0.280 e. The van der Waals surface area contributed by atoms with Gasteiger partial charge in [-0.1, -0.05) is 0 Å². The van der Waals surface area contributed by atoms with Crippen LogP contribution in [0.2, 0.25) is 0 Å². The molecule has 130 valence electrons. The van der Waals surface area contributed by atoms with Crippen molar-refractivity contribution in [2.75, 3.05) is 27.2 Å². The summed E-state index contributed by atoms with van der Waals surface area (Å²) in [5.74, 6) is 0.174. The lowest BCUT2D eigenvalue weighted by Gasteiger charge is -2.13. The second-order valence-electron chi connectivity index (χ2n) is 5.90. The van der Waals surface area contributed by atoms with Gasteiger partial charge in [0.05, 0.1) is 19.0 Å². The molecule has 3 heterocycles. The lowest BCUT2D eigenvalue weighted by molar-refractivity contribution is -0.0432. The highest BCUT2D eigenvalue weighted by Gasteiger charge is 2.35. The summed E-state index contributed by atoms with van der Waals surface area (Å²) >= 11 is 0. The van der Waals surface area contributed by atoms with Crippen LogP contribution in [0, 0.1) is 0 Å². The van der Waals surface area contributed by atoms with Crippen molar-refractivity contribution in [2.45, 2.75) is 24.9 Å². The predicted octanol–water partition coefficient (Wildman–Crippen LogP) is -0.976. The first kappa shape index (κ1) is 16.7. The molecule has 1 aliphatic rings. The topological polar surface area (TPSA) is 129 Å². The van der Waals surface area contributed by atoms with Gasteiger partial charge in [-0.05, 0) is 14.1 Å². The summed E-state index contributed by atoms with van der Waals surface area (Å²) in [4.78, 5) is 29.1. The average Bonchev–Trinajstić information content (AvgIpc) is 3.10. The fourth-order valence-electron chi connectivity index (χ4n) is 2.53. The number of fused-ring (bicyclic) bond motifs is 1. The van der Waals surface area contributed by atoms with Crippen LogP contribution >= 0.6 is 0 Å². The van der Waals surface area contributed by atoms with E-state index in [9.17, 15) is 15.0 Å². The Morgan fingerprint density at radius 1 is 1.58 bits per heavy atom. The fraction of sp³-hybridized carbons (Fsp3) is 0.571. The number of aromatic nitrogens is 4. The van der Waals surface area contributed by atoms with Crippen LogP contribution in [0.5, 0.6) is 0 Å². The zero-order chi connectivity index (χ0) is 17.3. The number of aliphatic hydroxyl groups excluding tert-OH is 2. The van der Waals surface area contributed by atoms with Gasteiger partial charge in [0.1, 0.15) is 12.3 Å². The standard InChI is InChI=1S/C14H20N6O4/c1-19(2)4-3-15-14-17-12-11(13(23)18-14)16-7-20(12)10-5-8(22)9(6-21)24-10/h3,7-10,21-22H,4-6H2,1-2H3,(H,17,18,23)/t8-,9+,10+/m0/s1. The molecule has 3 N–H and O–H groups in total. The van der Waals surface area contributed by atoms with E-state index in [4.69, 9.17) is 4.74 Å². The number of ether oxygens (including phenoxy) is 1. The van der Waals surface area contributed by atoms with Crippen molar-refractivity contribution >= 4 is 23.3 Å². The Morgan fingerprint density at radius 3 is 3.04 bits per heavy atom. The van der Waals surface area contributed by atoms with E-state index >= 15 is 0 Å². The molecule has 10 nitrogen and oxygen atoms in total. The van der Waals surface area contributed by atoms with Crippen molar-refractivity contribution in [2.24, 2.45) is 4.99 Å². The molecule has 0 aliphatic carbocycles. The normalized spacial score (nSPS) is 24.6. The molecular formula is C14H20N6O4. The van der Waals surface area contributed by atoms with Gasteiger partial charge in [-0.2, -0.15) is 4.98 Å².